The SMILES string of the molecule is COc1cc(C)c(-c2nc3ccccc3c(=O)n2N=Cc2cc(OC)c(OCC(=O)Nc3cccc(F)c3)c([N+](=O)[O-])c2)cc1C(C)C. The van der Waals surface area contributed by atoms with Gasteiger partial charge in [-0.15, -0.1) is 0 Å². The van der Waals surface area contributed by atoms with Gasteiger partial charge in [0.15, 0.2) is 18.2 Å². The fourth-order valence-electron chi connectivity index (χ4n) is 5.11. The number of aromatic nitrogens is 2. The molecule has 5 rings (SSSR count). The molecule has 0 radical (unpaired) electrons. The predicted octanol–water partition coefficient (Wildman–Crippen LogP) is 6.46. The van der Waals surface area contributed by atoms with Gasteiger partial charge in [0.25, 0.3) is 11.5 Å². The van der Waals surface area contributed by atoms with E-state index in [-0.39, 0.29) is 34.5 Å². The van der Waals surface area contributed by atoms with Gasteiger partial charge in [-0.3, -0.25) is 19.7 Å². The van der Waals surface area contributed by atoms with Gasteiger partial charge in [0.1, 0.15) is 11.6 Å². The molecule has 0 unspecified atom stereocenters. The third kappa shape index (κ3) is 6.99. The van der Waals surface area contributed by atoms with Gasteiger partial charge in [-0.1, -0.05) is 32.0 Å². The first kappa shape index (κ1) is 33.3. The summed E-state index contributed by atoms with van der Waals surface area (Å²) in [5.74, 6) is -0.496. The first-order chi connectivity index (χ1) is 23.0. The lowest BCUT2D eigenvalue weighted by Crippen LogP contribution is -2.21. The molecule has 1 N–H and O–H groups in total. The normalized spacial score (nSPS) is 11.2. The van der Waals surface area contributed by atoms with Crippen molar-refractivity contribution in [3.05, 3.63) is 116 Å². The third-order valence-corrected chi connectivity index (χ3v) is 7.45. The molecule has 0 aliphatic rings. The van der Waals surface area contributed by atoms with Crippen molar-refractivity contribution < 1.29 is 28.3 Å². The summed E-state index contributed by atoms with van der Waals surface area (Å²) in [5.41, 5.74) is 2.29. The highest BCUT2D eigenvalue weighted by molar-refractivity contribution is 5.92. The van der Waals surface area contributed by atoms with Crippen LogP contribution in [0.3, 0.4) is 0 Å². The van der Waals surface area contributed by atoms with Gasteiger partial charge in [-0.2, -0.15) is 9.78 Å². The van der Waals surface area contributed by atoms with Crippen molar-refractivity contribution in [3.63, 3.8) is 0 Å². The number of halogens is 1. The van der Waals surface area contributed by atoms with Crippen LogP contribution in [0.4, 0.5) is 15.8 Å². The van der Waals surface area contributed by atoms with E-state index in [0.29, 0.717) is 22.2 Å². The second-order valence-electron chi connectivity index (χ2n) is 11.1. The molecule has 12 nitrogen and oxygen atoms in total. The lowest BCUT2D eigenvalue weighted by atomic mass is 9.96. The number of amides is 1. The molecule has 0 saturated heterocycles. The topological polar surface area (TPSA) is 147 Å². The minimum absolute atomic E-state index is 0.0546. The number of anilines is 1. The molecule has 1 aromatic heterocycles. The smallest absolute Gasteiger partial charge is 0.315 e. The molecule has 1 amide bonds. The van der Waals surface area contributed by atoms with E-state index < -0.39 is 34.5 Å². The van der Waals surface area contributed by atoms with E-state index in [1.807, 2.05) is 32.9 Å². The molecule has 48 heavy (non-hydrogen) atoms. The van der Waals surface area contributed by atoms with Gasteiger partial charge in [-0.25, -0.2) is 9.37 Å². The third-order valence-electron chi connectivity index (χ3n) is 7.45. The predicted molar refractivity (Wildman–Crippen MR) is 180 cm³/mol. The van der Waals surface area contributed by atoms with Gasteiger partial charge in [0.05, 0.1) is 36.3 Å². The zero-order chi connectivity index (χ0) is 34.5. The summed E-state index contributed by atoms with van der Waals surface area (Å²) in [6.07, 6.45) is 1.28. The Morgan fingerprint density at radius 1 is 1.06 bits per heavy atom. The Balaban J connectivity index is 1.56. The van der Waals surface area contributed by atoms with Crippen molar-refractivity contribution >= 4 is 34.4 Å². The molecule has 246 valence electrons. The number of rotatable bonds is 11. The van der Waals surface area contributed by atoms with Crippen LogP contribution in [-0.2, 0) is 4.79 Å². The fraction of sp³-hybridized carbons (Fsp3) is 0.200. The number of benzene rings is 4. The summed E-state index contributed by atoms with van der Waals surface area (Å²) >= 11 is 0. The average Bonchev–Trinajstić information content (AvgIpc) is 3.06. The van der Waals surface area contributed by atoms with Crippen LogP contribution in [0.2, 0.25) is 0 Å². The second kappa shape index (κ2) is 14.1. The number of hydrogen-bond acceptors (Lipinski definition) is 9. The first-order valence-corrected chi connectivity index (χ1v) is 14.8. The maximum atomic E-state index is 13.8. The van der Waals surface area contributed by atoms with Gasteiger partial charge in [0, 0.05) is 22.9 Å². The number of nitro groups is 1. The zero-order valence-corrected chi connectivity index (χ0v) is 26.8. The van der Waals surface area contributed by atoms with Crippen molar-refractivity contribution in [1.29, 1.82) is 0 Å². The molecule has 13 heteroatoms. The largest absolute Gasteiger partial charge is 0.496 e. The number of methoxy groups -OCH3 is 2. The number of ether oxygens (including phenoxy) is 3. The second-order valence-corrected chi connectivity index (χ2v) is 11.1. The number of fused-ring (bicyclic) bond motifs is 1. The van der Waals surface area contributed by atoms with E-state index in [1.165, 1.54) is 43.7 Å². The summed E-state index contributed by atoms with van der Waals surface area (Å²) < 4.78 is 31.1. The number of carbonyl (C=O) groups excluding carboxylic acids is 1. The summed E-state index contributed by atoms with van der Waals surface area (Å²) in [6.45, 7) is 5.31. The summed E-state index contributed by atoms with van der Waals surface area (Å²) in [6, 6.07) is 18.5. The highest BCUT2D eigenvalue weighted by Crippen LogP contribution is 2.38. The number of hydrogen-bond donors (Lipinski definition) is 1. The van der Waals surface area contributed by atoms with E-state index >= 15 is 0 Å². The molecule has 4 aromatic carbocycles. The monoisotopic (exact) mass is 653 g/mol. The average molecular weight is 654 g/mol. The van der Waals surface area contributed by atoms with Crippen LogP contribution in [0.5, 0.6) is 17.2 Å². The molecule has 5 aromatic rings. The molecule has 0 atom stereocenters. The van der Waals surface area contributed by atoms with Crippen molar-refractivity contribution in [1.82, 2.24) is 9.66 Å². The highest BCUT2D eigenvalue weighted by atomic mass is 19.1. The van der Waals surface area contributed by atoms with E-state index in [2.05, 4.69) is 10.4 Å². The van der Waals surface area contributed by atoms with Crippen LogP contribution in [0.1, 0.15) is 36.5 Å². The fourth-order valence-corrected chi connectivity index (χ4v) is 5.11. The van der Waals surface area contributed by atoms with E-state index in [9.17, 15) is 24.1 Å². The lowest BCUT2D eigenvalue weighted by molar-refractivity contribution is -0.385. The summed E-state index contributed by atoms with van der Waals surface area (Å²) in [5, 5.41) is 19.4. The van der Waals surface area contributed by atoms with Crippen LogP contribution in [0, 0.1) is 22.9 Å². The number of para-hydroxylation sites is 1. The number of aryl methyl sites for hydroxylation is 1. The van der Waals surface area contributed by atoms with Gasteiger partial charge in [-0.05, 0) is 72.5 Å². The number of nitrogens with one attached hydrogen (secondary N) is 1. The Hall–Kier alpha value is -6.11. The summed E-state index contributed by atoms with van der Waals surface area (Å²) in [7, 11) is 2.88. The Morgan fingerprint density at radius 2 is 1.81 bits per heavy atom. The summed E-state index contributed by atoms with van der Waals surface area (Å²) in [4.78, 5) is 42.5. The van der Waals surface area contributed by atoms with Gasteiger partial charge >= 0.3 is 5.69 Å². The van der Waals surface area contributed by atoms with E-state index in [1.54, 1.807) is 31.4 Å². The van der Waals surface area contributed by atoms with Crippen molar-refractivity contribution in [2.24, 2.45) is 5.10 Å². The van der Waals surface area contributed by atoms with Crippen LogP contribution in [-0.4, -0.2) is 47.5 Å². The molecule has 0 aliphatic carbocycles. The van der Waals surface area contributed by atoms with Crippen LogP contribution >= 0.6 is 0 Å². The first-order valence-electron chi connectivity index (χ1n) is 14.8. The highest BCUT2D eigenvalue weighted by Gasteiger charge is 2.24. The van der Waals surface area contributed by atoms with Crippen LogP contribution in [0.15, 0.2) is 82.7 Å². The van der Waals surface area contributed by atoms with E-state index in [4.69, 9.17) is 19.2 Å². The van der Waals surface area contributed by atoms with Crippen molar-refractivity contribution in [2.75, 3.05) is 26.1 Å². The molecule has 0 bridgehead atoms. The zero-order valence-electron chi connectivity index (χ0n) is 26.8. The number of nitrogens with zero attached hydrogens (tertiary/aromatic N) is 4. The lowest BCUT2D eigenvalue weighted by Gasteiger charge is -2.17. The molecular weight excluding hydrogens is 621 g/mol. The minimum Gasteiger partial charge on any atom is -0.496 e. The Morgan fingerprint density at radius 3 is 2.50 bits per heavy atom. The number of nitro benzene ring substituents is 1. The van der Waals surface area contributed by atoms with Crippen LogP contribution < -0.4 is 25.1 Å². The maximum Gasteiger partial charge on any atom is 0.315 e. The minimum atomic E-state index is -0.691. The standard InChI is InChI=1S/C35H32FN5O7/c1-20(2)26-17-27(21(3)13-30(26)46-4)34-39-28-12-7-6-11-25(28)35(43)40(34)37-18-22-14-29(41(44)45)33(31(15-22)47-5)48-19-32(42)38-24-10-8-9-23(36)16-24/h6-18,20H,19H2,1-5H3,(H,38,42). The molecule has 0 fully saturated rings. The van der Waals surface area contributed by atoms with E-state index in [0.717, 1.165) is 21.9 Å². The van der Waals surface area contributed by atoms with Crippen molar-refractivity contribution in [2.45, 2.75) is 26.7 Å². The van der Waals surface area contributed by atoms with Crippen molar-refractivity contribution in [3.8, 4) is 28.6 Å². The van der Waals surface area contributed by atoms with Crippen LogP contribution in [0.25, 0.3) is 22.3 Å². The van der Waals surface area contributed by atoms with Gasteiger partial charge in [0.2, 0.25) is 5.75 Å². The molecule has 0 aliphatic heterocycles. The number of carbonyl (C=O) groups is 1. The quantitative estimate of drug-likeness (QED) is 0.0971. The molecule has 1 heterocycles. The molecule has 0 spiro atoms. The Kier molecular flexibility index (Phi) is 9.78. The molecular formula is C35H32FN5O7. The van der Waals surface area contributed by atoms with Gasteiger partial charge < -0.3 is 19.5 Å². The Bertz CT molecular complexity index is 2130. The Labute approximate surface area is 274 Å². The maximum absolute atomic E-state index is 13.8. The molecule has 0 saturated carbocycles.